The molecule has 0 aromatic carbocycles. The van der Waals surface area contributed by atoms with Gasteiger partial charge in [0.1, 0.15) is 0 Å². The van der Waals surface area contributed by atoms with Crippen LogP contribution >= 0.6 is 0 Å². The maximum Gasteiger partial charge on any atom is 0.0594 e. The second-order valence-electron chi connectivity index (χ2n) is 5.51. The molecule has 18 heavy (non-hydrogen) atoms. The molecule has 1 unspecified atom stereocenters. The van der Waals surface area contributed by atoms with Crippen molar-refractivity contribution in [1.29, 1.82) is 0 Å². The zero-order chi connectivity index (χ0) is 13.1. The number of unbranched alkanes of at least 4 members (excludes halogenated alkanes) is 3. The van der Waals surface area contributed by atoms with Crippen LogP contribution in [0.2, 0.25) is 0 Å². The molecule has 0 spiro atoms. The Hall–Kier alpha value is -0.120. The Morgan fingerprint density at radius 2 is 1.89 bits per heavy atom. The van der Waals surface area contributed by atoms with Crippen LogP contribution in [0.5, 0.6) is 0 Å². The number of hydrogen-bond donors (Lipinski definition) is 1. The van der Waals surface area contributed by atoms with Gasteiger partial charge in [-0.05, 0) is 32.9 Å². The molecule has 1 heterocycles. The van der Waals surface area contributed by atoms with Crippen LogP contribution in [0.4, 0.5) is 0 Å². The average molecular weight is 256 g/mol. The highest BCUT2D eigenvalue weighted by molar-refractivity contribution is 4.65. The van der Waals surface area contributed by atoms with Crippen LogP contribution in [0.1, 0.15) is 52.4 Å². The van der Waals surface area contributed by atoms with Crippen LogP contribution in [-0.2, 0) is 4.74 Å². The molecule has 3 nitrogen and oxygen atoms in total. The van der Waals surface area contributed by atoms with Crippen molar-refractivity contribution in [3.63, 3.8) is 0 Å². The summed E-state index contributed by atoms with van der Waals surface area (Å²) in [6.45, 7) is 11.0. The smallest absolute Gasteiger partial charge is 0.0594 e. The van der Waals surface area contributed by atoms with E-state index in [4.69, 9.17) is 4.74 Å². The molecule has 1 aliphatic heterocycles. The summed E-state index contributed by atoms with van der Waals surface area (Å²) in [7, 11) is 0. The van der Waals surface area contributed by atoms with Gasteiger partial charge >= 0.3 is 0 Å². The fourth-order valence-electron chi connectivity index (χ4n) is 2.46. The van der Waals surface area contributed by atoms with Crippen LogP contribution in [0.3, 0.4) is 0 Å². The third-order valence-corrected chi connectivity index (χ3v) is 3.74. The summed E-state index contributed by atoms with van der Waals surface area (Å²) in [5.41, 5.74) is 0. The topological polar surface area (TPSA) is 24.5 Å². The largest absolute Gasteiger partial charge is 0.379 e. The van der Waals surface area contributed by atoms with Crippen LogP contribution < -0.4 is 5.32 Å². The van der Waals surface area contributed by atoms with Gasteiger partial charge in [-0.15, -0.1) is 0 Å². The summed E-state index contributed by atoms with van der Waals surface area (Å²) in [6, 6.07) is 0.687. The van der Waals surface area contributed by atoms with Gasteiger partial charge in [-0.25, -0.2) is 0 Å². The predicted octanol–water partition coefficient (Wildman–Crippen LogP) is 2.66. The maximum absolute atomic E-state index is 5.35. The third-order valence-electron chi connectivity index (χ3n) is 3.74. The normalized spacial score (nSPS) is 19.0. The molecule has 0 bridgehead atoms. The predicted molar refractivity (Wildman–Crippen MR) is 78.1 cm³/mol. The van der Waals surface area contributed by atoms with Gasteiger partial charge in [0.2, 0.25) is 0 Å². The fraction of sp³-hybridized carbons (Fsp3) is 1.00. The second kappa shape index (κ2) is 10.8. The Morgan fingerprint density at radius 3 is 2.61 bits per heavy atom. The van der Waals surface area contributed by atoms with Gasteiger partial charge in [-0.2, -0.15) is 0 Å². The minimum absolute atomic E-state index is 0.687. The highest BCUT2D eigenvalue weighted by atomic mass is 16.5. The lowest BCUT2D eigenvalue weighted by atomic mass is 10.1. The fourth-order valence-corrected chi connectivity index (χ4v) is 2.46. The molecule has 0 aliphatic carbocycles. The second-order valence-corrected chi connectivity index (χ2v) is 5.51. The molecule has 0 aromatic rings. The monoisotopic (exact) mass is 256 g/mol. The average Bonchev–Trinajstić information content (AvgIpc) is 2.41. The number of nitrogens with one attached hydrogen (secondary N) is 1. The maximum atomic E-state index is 5.35. The minimum Gasteiger partial charge on any atom is -0.379 e. The zero-order valence-corrected chi connectivity index (χ0v) is 12.4. The summed E-state index contributed by atoms with van der Waals surface area (Å²) < 4.78 is 5.35. The van der Waals surface area contributed by atoms with Gasteiger partial charge < -0.3 is 10.1 Å². The molecule has 1 saturated heterocycles. The first-order chi connectivity index (χ1) is 8.83. The Bertz CT molecular complexity index is 181. The van der Waals surface area contributed by atoms with E-state index in [1.165, 1.54) is 45.1 Å². The first-order valence-electron chi connectivity index (χ1n) is 7.86. The number of ether oxygens (including phenoxy) is 1. The van der Waals surface area contributed by atoms with E-state index in [0.29, 0.717) is 6.04 Å². The Labute approximate surface area is 113 Å². The molecule has 1 N–H and O–H groups in total. The highest BCUT2D eigenvalue weighted by Crippen LogP contribution is 2.05. The van der Waals surface area contributed by atoms with E-state index in [2.05, 4.69) is 24.1 Å². The quantitative estimate of drug-likeness (QED) is 0.608. The summed E-state index contributed by atoms with van der Waals surface area (Å²) in [6.07, 6.45) is 8.10. The summed E-state index contributed by atoms with van der Waals surface area (Å²) >= 11 is 0. The van der Waals surface area contributed by atoms with Crippen molar-refractivity contribution >= 4 is 0 Å². The van der Waals surface area contributed by atoms with Crippen molar-refractivity contribution in [3.8, 4) is 0 Å². The molecular weight excluding hydrogens is 224 g/mol. The van der Waals surface area contributed by atoms with Gasteiger partial charge in [-0.3, -0.25) is 4.90 Å². The van der Waals surface area contributed by atoms with Crippen molar-refractivity contribution in [2.45, 2.75) is 58.4 Å². The van der Waals surface area contributed by atoms with E-state index >= 15 is 0 Å². The Kier molecular flexibility index (Phi) is 9.54. The highest BCUT2D eigenvalue weighted by Gasteiger charge is 2.09. The molecule has 0 saturated carbocycles. The number of morpholine rings is 1. The summed E-state index contributed by atoms with van der Waals surface area (Å²) in [5.74, 6) is 0. The van der Waals surface area contributed by atoms with E-state index in [-0.39, 0.29) is 0 Å². The lowest BCUT2D eigenvalue weighted by Crippen LogP contribution is -2.38. The van der Waals surface area contributed by atoms with Crippen molar-refractivity contribution in [2.75, 3.05) is 39.4 Å². The van der Waals surface area contributed by atoms with Crippen LogP contribution in [0.25, 0.3) is 0 Å². The van der Waals surface area contributed by atoms with E-state index < -0.39 is 0 Å². The third kappa shape index (κ3) is 8.06. The molecule has 0 radical (unpaired) electrons. The summed E-state index contributed by atoms with van der Waals surface area (Å²) in [4.78, 5) is 2.51. The van der Waals surface area contributed by atoms with Gasteiger partial charge in [0.05, 0.1) is 13.2 Å². The van der Waals surface area contributed by atoms with Gasteiger partial charge in [0.15, 0.2) is 0 Å². The first kappa shape index (κ1) is 15.9. The molecule has 1 fully saturated rings. The summed E-state index contributed by atoms with van der Waals surface area (Å²) in [5, 5.41) is 3.64. The Balaban J connectivity index is 1.86. The van der Waals surface area contributed by atoms with Crippen molar-refractivity contribution in [2.24, 2.45) is 0 Å². The van der Waals surface area contributed by atoms with Crippen molar-refractivity contribution in [1.82, 2.24) is 10.2 Å². The van der Waals surface area contributed by atoms with Crippen molar-refractivity contribution in [3.05, 3.63) is 0 Å². The lowest BCUT2D eigenvalue weighted by molar-refractivity contribution is 0.0374. The molecule has 0 amide bonds. The lowest BCUT2D eigenvalue weighted by Gasteiger charge is -2.26. The van der Waals surface area contributed by atoms with E-state index in [1.807, 2.05) is 0 Å². The molecular formula is C15H32N2O. The van der Waals surface area contributed by atoms with E-state index in [0.717, 1.165) is 32.8 Å². The van der Waals surface area contributed by atoms with E-state index in [1.54, 1.807) is 0 Å². The van der Waals surface area contributed by atoms with Crippen molar-refractivity contribution < 1.29 is 4.74 Å². The number of hydrogen-bond acceptors (Lipinski definition) is 3. The van der Waals surface area contributed by atoms with Gasteiger partial charge in [0.25, 0.3) is 0 Å². The molecule has 3 heteroatoms. The standard InChI is InChI=1S/C15H32N2O/c1-3-4-5-6-8-15(2)16-9-7-10-17-11-13-18-14-12-17/h15-16H,3-14H2,1-2H3. The molecule has 1 aliphatic rings. The van der Waals surface area contributed by atoms with Gasteiger partial charge in [0, 0.05) is 19.1 Å². The zero-order valence-electron chi connectivity index (χ0n) is 12.4. The van der Waals surface area contributed by atoms with Crippen LogP contribution in [-0.4, -0.2) is 50.3 Å². The van der Waals surface area contributed by atoms with Crippen LogP contribution in [0, 0.1) is 0 Å². The SMILES string of the molecule is CCCCCCC(C)NCCCN1CCOCC1. The van der Waals surface area contributed by atoms with Crippen LogP contribution in [0.15, 0.2) is 0 Å². The minimum atomic E-state index is 0.687. The number of rotatable bonds is 10. The molecule has 1 atom stereocenters. The Morgan fingerprint density at radius 1 is 1.11 bits per heavy atom. The molecule has 108 valence electrons. The first-order valence-corrected chi connectivity index (χ1v) is 7.86. The number of nitrogens with zero attached hydrogens (tertiary/aromatic N) is 1. The molecule has 0 aromatic heterocycles. The van der Waals surface area contributed by atoms with Gasteiger partial charge in [-0.1, -0.05) is 32.6 Å². The molecule has 1 rings (SSSR count). The van der Waals surface area contributed by atoms with E-state index in [9.17, 15) is 0 Å².